The number of hydrogen-bond acceptors (Lipinski definition) is 4. The lowest BCUT2D eigenvalue weighted by Crippen LogP contribution is -2.50. The molecule has 0 aromatic heterocycles. The van der Waals surface area contributed by atoms with E-state index in [1.54, 1.807) is 0 Å². The molecule has 1 heterocycles. The van der Waals surface area contributed by atoms with Crippen molar-refractivity contribution in [1.29, 1.82) is 0 Å². The number of hydrogen-bond donors (Lipinski definition) is 1. The number of carbonyl (C=O) groups is 1. The number of benzene rings is 1. The van der Waals surface area contributed by atoms with Crippen molar-refractivity contribution >= 4 is 21.6 Å². The highest BCUT2D eigenvalue weighted by atomic mass is 32.2. The van der Waals surface area contributed by atoms with Crippen molar-refractivity contribution in [2.75, 3.05) is 30.8 Å². The number of piperidine rings is 1. The smallest absolute Gasteiger partial charge is 0.241 e. The normalized spacial score (nSPS) is 20.5. The monoisotopic (exact) mass is 393 g/mol. The van der Waals surface area contributed by atoms with E-state index in [-0.39, 0.29) is 18.0 Å². The van der Waals surface area contributed by atoms with Gasteiger partial charge in [0.25, 0.3) is 0 Å². The molecular weight excluding hydrogens is 362 g/mol. The molecule has 7 heteroatoms. The number of nitrogens with zero attached hydrogens (tertiary/aromatic N) is 2. The van der Waals surface area contributed by atoms with E-state index in [0.717, 1.165) is 44.5 Å². The minimum Gasteiger partial charge on any atom is -0.308 e. The second-order valence-electron chi connectivity index (χ2n) is 7.83. The van der Waals surface area contributed by atoms with Gasteiger partial charge in [-0.1, -0.05) is 37.5 Å². The summed E-state index contributed by atoms with van der Waals surface area (Å²) in [7, 11) is -3.17. The molecule has 1 amide bonds. The number of nitrogens with one attached hydrogen (secondary N) is 1. The summed E-state index contributed by atoms with van der Waals surface area (Å²) in [4.78, 5) is 17.4. The standard InChI is InChI=1S/C20H31N3O3S/c1-27(25,26)21-17-12-14-22(15-13-17)16-20(24)23(18-8-4-2-5-9-18)19-10-6-3-7-11-19/h2,4-5,8-9,17,19,21H,3,6-7,10-16H2,1H3. The van der Waals surface area contributed by atoms with E-state index >= 15 is 0 Å². The fraction of sp³-hybridized carbons (Fsp3) is 0.650. The van der Waals surface area contributed by atoms with E-state index in [0.29, 0.717) is 6.54 Å². The van der Waals surface area contributed by atoms with Crippen molar-refractivity contribution in [3.8, 4) is 0 Å². The summed E-state index contributed by atoms with van der Waals surface area (Å²) in [6, 6.07) is 10.3. The zero-order chi connectivity index (χ0) is 19.3. The van der Waals surface area contributed by atoms with Crippen LogP contribution in [0, 0.1) is 0 Å². The van der Waals surface area contributed by atoms with E-state index in [1.807, 2.05) is 35.2 Å². The van der Waals surface area contributed by atoms with Gasteiger partial charge in [0.05, 0.1) is 12.8 Å². The first-order chi connectivity index (χ1) is 12.9. The predicted molar refractivity (Wildman–Crippen MR) is 108 cm³/mol. The van der Waals surface area contributed by atoms with Crippen molar-refractivity contribution in [2.45, 2.75) is 57.0 Å². The maximum Gasteiger partial charge on any atom is 0.241 e. The van der Waals surface area contributed by atoms with Crippen LogP contribution in [0.3, 0.4) is 0 Å². The average Bonchev–Trinajstić information content (AvgIpc) is 2.64. The summed E-state index contributed by atoms with van der Waals surface area (Å²) in [5.74, 6) is 0.155. The van der Waals surface area contributed by atoms with E-state index in [2.05, 4.69) is 9.62 Å². The lowest BCUT2D eigenvalue weighted by Gasteiger charge is -2.37. The number of amides is 1. The summed E-state index contributed by atoms with van der Waals surface area (Å²) in [5, 5.41) is 0. The SMILES string of the molecule is CS(=O)(=O)NC1CCN(CC(=O)N(c2ccccc2)C2CCCCC2)CC1. The molecule has 0 spiro atoms. The first-order valence-corrected chi connectivity index (χ1v) is 11.9. The molecule has 3 rings (SSSR count). The van der Waals surface area contributed by atoms with Gasteiger partial charge in [0.2, 0.25) is 15.9 Å². The van der Waals surface area contributed by atoms with Gasteiger partial charge in [-0.25, -0.2) is 13.1 Å². The van der Waals surface area contributed by atoms with Crippen LogP contribution in [0.5, 0.6) is 0 Å². The first kappa shape index (κ1) is 20.3. The number of para-hydroxylation sites is 1. The second kappa shape index (κ2) is 9.17. The Bertz CT molecular complexity index is 709. The summed E-state index contributed by atoms with van der Waals surface area (Å²) >= 11 is 0. The van der Waals surface area contributed by atoms with Crippen LogP contribution in [0.25, 0.3) is 0 Å². The van der Waals surface area contributed by atoms with Gasteiger partial charge in [-0.2, -0.15) is 0 Å². The minimum absolute atomic E-state index is 0.0186. The highest BCUT2D eigenvalue weighted by Gasteiger charge is 2.29. The molecule has 27 heavy (non-hydrogen) atoms. The summed E-state index contributed by atoms with van der Waals surface area (Å²) in [6.07, 6.45) is 8.46. The number of rotatable bonds is 6. The Morgan fingerprint density at radius 3 is 2.30 bits per heavy atom. The van der Waals surface area contributed by atoms with E-state index in [9.17, 15) is 13.2 Å². The highest BCUT2D eigenvalue weighted by molar-refractivity contribution is 7.88. The summed E-state index contributed by atoms with van der Waals surface area (Å²) in [6.45, 7) is 1.88. The van der Waals surface area contributed by atoms with Crippen LogP contribution < -0.4 is 9.62 Å². The Balaban J connectivity index is 1.61. The fourth-order valence-corrected chi connectivity index (χ4v) is 5.11. The topological polar surface area (TPSA) is 69.7 Å². The Morgan fingerprint density at radius 1 is 1.07 bits per heavy atom. The van der Waals surface area contributed by atoms with Crippen LogP contribution in [0.2, 0.25) is 0 Å². The molecule has 1 aromatic carbocycles. The zero-order valence-corrected chi connectivity index (χ0v) is 17.0. The van der Waals surface area contributed by atoms with Crippen molar-refractivity contribution < 1.29 is 13.2 Å². The molecule has 150 valence electrons. The molecule has 0 atom stereocenters. The van der Waals surface area contributed by atoms with Crippen LogP contribution in [0.15, 0.2) is 30.3 Å². The molecule has 0 unspecified atom stereocenters. The molecule has 1 aliphatic heterocycles. The molecule has 1 aromatic rings. The van der Waals surface area contributed by atoms with Crippen molar-refractivity contribution in [3.63, 3.8) is 0 Å². The number of carbonyl (C=O) groups excluding carboxylic acids is 1. The predicted octanol–water partition coefficient (Wildman–Crippen LogP) is 2.37. The van der Waals surface area contributed by atoms with Crippen LogP contribution in [0.4, 0.5) is 5.69 Å². The molecule has 1 aliphatic carbocycles. The van der Waals surface area contributed by atoms with Crippen molar-refractivity contribution in [1.82, 2.24) is 9.62 Å². The third-order valence-corrected chi connectivity index (χ3v) is 6.33. The van der Waals surface area contributed by atoms with E-state index < -0.39 is 10.0 Å². The van der Waals surface area contributed by atoms with Gasteiger partial charge in [0.1, 0.15) is 0 Å². The quantitative estimate of drug-likeness (QED) is 0.806. The lowest BCUT2D eigenvalue weighted by atomic mass is 9.93. The van der Waals surface area contributed by atoms with Crippen LogP contribution in [-0.2, 0) is 14.8 Å². The van der Waals surface area contributed by atoms with Crippen molar-refractivity contribution in [2.24, 2.45) is 0 Å². The second-order valence-corrected chi connectivity index (χ2v) is 9.61. The van der Waals surface area contributed by atoms with Crippen LogP contribution in [0.1, 0.15) is 44.9 Å². The van der Waals surface area contributed by atoms with Gasteiger partial charge in [0.15, 0.2) is 0 Å². The zero-order valence-electron chi connectivity index (χ0n) is 16.1. The molecule has 1 saturated carbocycles. The highest BCUT2D eigenvalue weighted by Crippen LogP contribution is 2.27. The van der Waals surface area contributed by atoms with E-state index in [4.69, 9.17) is 0 Å². The average molecular weight is 394 g/mol. The number of anilines is 1. The first-order valence-electron chi connectivity index (χ1n) is 9.99. The third kappa shape index (κ3) is 6.02. The molecule has 1 N–H and O–H groups in total. The molecule has 0 bridgehead atoms. The fourth-order valence-electron chi connectivity index (χ4n) is 4.27. The molecule has 2 fully saturated rings. The van der Waals surface area contributed by atoms with Crippen molar-refractivity contribution in [3.05, 3.63) is 30.3 Å². The Morgan fingerprint density at radius 2 is 1.70 bits per heavy atom. The number of sulfonamides is 1. The van der Waals surface area contributed by atoms with Gasteiger partial charge >= 0.3 is 0 Å². The Labute approximate surface area is 163 Å². The maximum absolute atomic E-state index is 13.2. The summed E-state index contributed by atoms with van der Waals surface area (Å²) in [5.41, 5.74) is 0.989. The Kier molecular flexibility index (Phi) is 6.89. The molecule has 6 nitrogen and oxygen atoms in total. The third-order valence-electron chi connectivity index (χ3n) is 5.57. The van der Waals surface area contributed by atoms with Gasteiger partial charge < -0.3 is 4.90 Å². The van der Waals surface area contributed by atoms with Gasteiger partial charge in [0, 0.05) is 30.9 Å². The molecular formula is C20H31N3O3S. The lowest BCUT2D eigenvalue weighted by molar-refractivity contribution is -0.120. The van der Waals surface area contributed by atoms with Crippen LogP contribution in [-0.4, -0.2) is 57.2 Å². The summed E-state index contributed by atoms with van der Waals surface area (Å²) < 4.78 is 25.5. The minimum atomic E-state index is -3.17. The number of likely N-dealkylation sites (tertiary alicyclic amines) is 1. The van der Waals surface area contributed by atoms with Crippen LogP contribution >= 0.6 is 0 Å². The van der Waals surface area contributed by atoms with Gasteiger partial charge in [-0.05, 0) is 37.8 Å². The molecule has 1 saturated heterocycles. The van der Waals surface area contributed by atoms with Gasteiger partial charge in [-0.15, -0.1) is 0 Å². The largest absolute Gasteiger partial charge is 0.308 e. The Hall–Kier alpha value is -1.44. The maximum atomic E-state index is 13.2. The van der Waals surface area contributed by atoms with Gasteiger partial charge in [-0.3, -0.25) is 9.69 Å². The van der Waals surface area contributed by atoms with E-state index in [1.165, 1.54) is 25.5 Å². The molecule has 0 radical (unpaired) electrons. The molecule has 2 aliphatic rings.